The van der Waals surface area contributed by atoms with Crippen molar-refractivity contribution in [2.75, 3.05) is 25.2 Å². The van der Waals surface area contributed by atoms with Crippen molar-refractivity contribution in [3.8, 4) is 0 Å². The molecule has 0 saturated carbocycles. The minimum atomic E-state index is -2.29. The number of ether oxygens (including phenoxy) is 3. The molecule has 8 nitrogen and oxygen atoms in total. The van der Waals surface area contributed by atoms with Gasteiger partial charge >= 0.3 is 17.9 Å². The van der Waals surface area contributed by atoms with E-state index >= 15 is 0 Å². The first-order chi connectivity index (χ1) is 18.2. The molecule has 198 valence electrons. The van der Waals surface area contributed by atoms with Gasteiger partial charge in [-0.05, 0) is 48.7 Å². The minimum absolute atomic E-state index is 0.0636. The number of anilines is 1. The first-order valence-electron chi connectivity index (χ1n) is 12.2. The number of esters is 3. The summed E-state index contributed by atoms with van der Waals surface area (Å²) in [6.07, 6.45) is 2.69. The second kappa shape index (κ2) is 10.6. The lowest BCUT2D eigenvalue weighted by Gasteiger charge is -2.45. The summed E-state index contributed by atoms with van der Waals surface area (Å²) in [5.41, 5.74) is -2.13. The molecule has 1 amide bonds. The number of benzene rings is 2. The Labute approximate surface area is 229 Å². The predicted molar refractivity (Wildman–Crippen MR) is 143 cm³/mol. The average Bonchev–Trinajstić information content (AvgIpc) is 3.13. The van der Waals surface area contributed by atoms with Crippen molar-refractivity contribution < 1.29 is 33.4 Å². The molecular formula is C29H28BrNO7. The number of allylic oxidation sites excluding steroid dienone is 1. The Balaban J connectivity index is 2.06. The Hall–Kier alpha value is -3.72. The molecule has 0 fully saturated rings. The Morgan fingerprint density at radius 1 is 1.03 bits per heavy atom. The lowest BCUT2D eigenvalue weighted by atomic mass is 9.53. The van der Waals surface area contributed by atoms with Crippen LogP contribution < -0.4 is 4.90 Å². The van der Waals surface area contributed by atoms with Crippen LogP contribution in [0.5, 0.6) is 0 Å². The third kappa shape index (κ3) is 3.96. The Kier molecular flexibility index (Phi) is 7.60. The van der Waals surface area contributed by atoms with Crippen LogP contribution in [0.25, 0.3) is 0 Å². The Morgan fingerprint density at radius 3 is 2.24 bits per heavy atom. The summed E-state index contributed by atoms with van der Waals surface area (Å²) in [5, 5.41) is 0. The quantitative estimate of drug-likeness (QED) is 0.273. The van der Waals surface area contributed by atoms with Crippen LogP contribution in [-0.4, -0.2) is 44.1 Å². The third-order valence-electron chi connectivity index (χ3n) is 7.05. The fraction of sp³-hybridized carbons (Fsp3) is 0.310. The van der Waals surface area contributed by atoms with Crippen molar-refractivity contribution in [2.24, 2.45) is 11.3 Å². The van der Waals surface area contributed by atoms with E-state index in [0.717, 1.165) is 12.7 Å². The summed E-state index contributed by atoms with van der Waals surface area (Å²) < 4.78 is 16.4. The van der Waals surface area contributed by atoms with Gasteiger partial charge in [0.1, 0.15) is 11.3 Å². The number of amides is 1. The molecule has 38 heavy (non-hydrogen) atoms. The molecule has 4 rings (SSSR count). The first-order valence-corrected chi connectivity index (χ1v) is 13.0. The molecule has 1 heterocycles. The van der Waals surface area contributed by atoms with Crippen LogP contribution in [0.3, 0.4) is 0 Å². The highest BCUT2D eigenvalue weighted by atomic mass is 79.9. The maximum Gasteiger partial charge on any atom is 0.328 e. The molecule has 2 aliphatic rings. The van der Waals surface area contributed by atoms with E-state index in [1.54, 1.807) is 36.9 Å². The number of nitrogens with zero attached hydrogens (tertiary/aromatic N) is 1. The van der Waals surface area contributed by atoms with Crippen LogP contribution in [-0.2, 0) is 45.3 Å². The molecule has 0 radical (unpaired) electrons. The molecule has 0 bridgehead atoms. The first kappa shape index (κ1) is 27.3. The smallest absolute Gasteiger partial charge is 0.328 e. The molecule has 0 unspecified atom stereocenters. The molecule has 2 aromatic carbocycles. The molecule has 1 spiro atoms. The maximum atomic E-state index is 14.6. The normalized spacial score (nSPS) is 21.3. The topological polar surface area (TPSA) is 99.2 Å². The summed E-state index contributed by atoms with van der Waals surface area (Å²) in [7, 11) is 1.14. The lowest BCUT2D eigenvalue weighted by molar-refractivity contribution is -0.181. The van der Waals surface area contributed by atoms with Crippen LogP contribution in [0.15, 0.2) is 77.3 Å². The maximum absolute atomic E-state index is 14.6. The van der Waals surface area contributed by atoms with Gasteiger partial charge in [0, 0.05) is 10.2 Å². The van der Waals surface area contributed by atoms with E-state index in [4.69, 9.17) is 14.2 Å². The fourth-order valence-corrected chi connectivity index (χ4v) is 5.79. The number of carbonyl (C=O) groups is 4. The summed E-state index contributed by atoms with van der Waals surface area (Å²) in [6, 6.07) is 14.6. The molecule has 9 heteroatoms. The van der Waals surface area contributed by atoms with Gasteiger partial charge in [-0.3, -0.25) is 19.2 Å². The van der Waals surface area contributed by atoms with E-state index in [1.807, 2.05) is 30.3 Å². The Bertz CT molecular complexity index is 1320. The second-order valence-electron chi connectivity index (χ2n) is 8.97. The fourth-order valence-electron chi connectivity index (χ4n) is 5.43. The summed E-state index contributed by atoms with van der Waals surface area (Å²) in [4.78, 5) is 57.2. The van der Waals surface area contributed by atoms with Crippen molar-refractivity contribution in [2.45, 2.75) is 25.8 Å². The molecule has 1 aliphatic carbocycles. The van der Waals surface area contributed by atoms with Crippen molar-refractivity contribution in [3.05, 3.63) is 88.4 Å². The van der Waals surface area contributed by atoms with Gasteiger partial charge in [-0.25, -0.2) is 0 Å². The highest BCUT2D eigenvalue weighted by Gasteiger charge is 2.72. The van der Waals surface area contributed by atoms with E-state index in [2.05, 4.69) is 22.5 Å². The van der Waals surface area contributed by atoms with E-state index in [-0.39, 0.29) is 25.3 Å². The van der Waals surface area contributed by atoms with Crippen molar-refractivity contribution >= 4 is 45.4 Å². The van der Waals surface area contributed by atoms with Gasteiger partial charge in [-0.15, -0.1) is 0 Å². The largest absolute Gasteiger partial charge is 0.469 e. The number of carbonyl (C=O) groups excluding carboxylic acids is 4. The van der Waals surface area contributed by atoms with Gasteiger partial charge in [-0.2, -0.15) is 0 Å². The number of halogens is 1. The monoisotopic (exact) mass is 581 g/mol. The minimum Gasteiger partial charge on any atom is -0.469 e. The van der Waals surface area contributed by atoms with Gasteiger partial charge in [0.2, 0.25) is 5.91 Å². The SMILES string of the molecule is C=C1C=CC(C(=O)OCC)(C(=O)OCC)[C@@H](C(=O)OC)[C@]12C(=O)N(Cc1ccccc1)c1ccc(Br)cc12. The van der Waals surface area contributed by atoms with E-state index < -0.39 is 40.6 Å². The van der Waals surface area contributed by atoms with Gasteiger partial charge in [0.25, 0.3) is 0 Å². The van der Waals surface area contributed by atoms with Crippen LogP contribution in [0.1, 0.15) is 25.0 Å². The van der Waals surface area contributed by atoms with E-state index in [1.165, 1.54) is 12.2 Å². The third-order valence-corrected chi connectivity index (χ3v) is 7.54. The Morgan fingerprint density at radius 2 is 1.66 bits per heavy atom. The van der Waals surface area contributed by atoms with Crippen molar-refractivity contribution in [3.63, 3.8) is 0 Å². The zero-order valence-corrected chi connectivity index (χ0v) is 22.9. The number of hydrogen-bond donors (Lipinski definition) is 0. The van der Waals surface area contributed by atoms with Gasteiger partial charge in [0.15, 0.2) is 5.41 Å². The molecule has 2 atom stereocenters. The van der Waals surface area contributed by atoms with Crippen molar-refractivity contribution in [1.29, 1.82) is 0 Å². The van der Waals surface area contributed by atoms with Crippen LogP contribution in [0.2, 0.25) is 0 Å². The number of fused-ring (bicyclic) bond motifs is 2. The van der Waals surface area contributed by atoms with Crippen LogP contribution in [0, 0.1) is 11.3 Å². The van der Waals surface area contributed by atoms with E-state index in [9.17, 15) is 19.2 Å². The van der Waals surface area contributed by atoms with Crippen LogP contribution in [0.4, 0.5) is 5.69 Å². The summed E-state index contributed by atoms with van der Waals surface area (Å²) in [5.74, 6) is -5.17. The van der Waals surface area contributed by atoms with Gasteiger partial charge in [0.05, 0.1) is 26.9 Å². The van der Waals surface area contributed by atoms with Crippen LogP contribution >= 0.6 is 15.9 Å². The number of methoxy groups -OCH3 is 1. The van der Waals surface area contributed by atoms with Gasteiger partial charge in [-0.1, -0.05) is 65.0 Å². The predicted octanol–water partition coefficient (Wildman–Crippen LogP) is 4.26. The number of rotatable bonds is 7. The standard InChI is InChI=1S/C29H28BrNO7/c1-5-37-26(34)28(27(35)38-6-2)15-14-18(3)29(23(28)24(32)36-4)21-16-20(30)12-13-22(21)31(25(29)33)17-19-10-8-7-9-11-19/h7-16,23H,3,5-6,17H2,1-2,4H3/t23-,29+/m1/s1. The highest BCUT2D eigenvalue weighted by molar-refractivity contribution is 9.10. The molecule has 2 aromatic rings. The molecule has 0 N–H and O–H groups in total. The second-order valence-corrected chi connectivity index (χ2v) is 9.89. The summed E-state index contributed by atoms with van der Waals surface area (Å²) >= 11 is 3.47. The molecule has 1 aliphatic heterocycles. The number of hydrogen-bond acceptors (Lipinski definition) is 7. The average molecular weight is 582 g/mol. The lowest BCUT2D eigenvalue weighted by Crippen LogP contribution is -2.62. The van der Waals surface area contributed by atoms with E-state index in [0.29, 0.717) is 15.7 Å². The zero-order chi connectivity index (χ0) is 27.7. The molecule has 0 aromatic heterocycles. The zero-order valence-electron chi connectivity index (χ0n) is 21.4. The van der Waals surface area contributed by atoms with Crippen molar-refractivity contribution in [1.82, 2.24) is 0 Å². The molecule has 0 saturated heterocycles. The van der Waals surface area contributed by atoms with Gasteiger partial charge < -0.3 is 19.1 Å². The molecular weight excluding hydrogens is 554 g/mol. The highest BCUT2D eigenvalue weighted by Crippen LogP contribution is 2.59. The summed E-state index contributed by atoms with van der Waals surface area (Å²) in [6.45, 7) is 7.38.